The second-order valence-corrected chi connectivity index (χ2v) is 3.07. The highest BCUT2D eigenvalue weighted by Crippen LogP contribution is 2.06. The second-order valence-electron chi connectivity index (χ2n) is 3.07. The van der Waals surface area contributed by atoms with Crippen LogP contribution in [0, 0.1) is 0 Å². The van der Waals surface area contributed by atoms with Crippen molar-refractivity contribution in [1.82, 2.24) is 0 Å². The van der Waals surface area contributed by atoms with Gasteiger partial charge in [-0.1, -0.05) is 23.8 Å². The zero-order chi connectivity index (χ0) is 8.81. The van der Waals surface area contributed by atoms with Gasteiger partial charge in [0.25, 0.3) is 0 Å². The Bertz CT molecular complexity index is 254. The average Bonchev–Trinajstić information content (AvgIpc) is 2.07. The van der Waals surface area contributed by atoms with Crippen LogP contribution in [0.15, 0.2) is 41.1 Å². The predicted molar refractivity (Wildman–Crippen MR) is 54.4 cm³/mol. The van der Waals surface area contributed by atoms with Gasteiger partial charge in [-0.2, -0.15) is 0 Å². The molecule has 0 aromatic carbocycles. The molecule has 0 atom stereocenters. The zero-order valence-electron chi connectivity index (χ0n) is 7.75. The van der Waals surface area contributed by atoms with E-state index in [0.717, 1.165) is 18.6 Å². The summed E-state index contributed by atoms with van der Waals surface area (Å²) in [5.41, 5.74) is 2.40. The van der Waals surface area contributed by atoms with Gasteiger partial charge in [0, 0.05) is 11.9 Å². The molecule has 1 aliphatic rings. The maximum absolute atomic E-state index is 4.30. The van der Waals surface area contributed by atoms with Crippen molar-refractivity contribution in [2.24, 2.45) is 4.99 Å². The van der Waals surface area contributed by atoms with Crippen molar-refractivity contribution in [2.45, 2.75) is 26.7 Å². The summed E-state index contributed by atoms with van der Waals surface area (Å²) in [7, 11) is 0. The summed E-state index contributed by atoms with van der Waals surface area (Å²) in [5, 5.41) is 0. The van der Waals surface area contributed by atoms with E-state index in [4.69, 9.17) is 0 Å². The first-order valence-electron chi connectivity index (χ1n) is 4.32. The molecule has 0 aliphatic carbocycles. The Morgan fingerprint density at radius 3 is 2.92 bits per heavy atom. The van der Waals surface area contributed by atoms with Crippen LogP contribution in [0.25, 0.3) is 0 Å². The maximum Gasteiger partial charge on any atom is 0.0372 e. The normalized spacial score (nSPS) is 32.5. The molecule has 0 amide bonds. The highest BCUT2D eigenvalue weighted by molar-refractivity contribution is 5.93. The van der Waals surface area contributed by atoms with Crippen LogP contribution in [0.4, 0.5) is 0 Å². The minimum Gasteiger partial charge on any atom is -0.262 e. The van der Waals surface area contributed by atoms with E-state index in [1.807, 2.05) is 25.3 Å². The summed E-state index contributed by atoms with van der Waals surface area (Å²) in [4.78, 5) is 4.30. The molecule has 1 nitrogen and oxygen atoms in total. The molecule has 1 aliphatic heterocycles. The van der Waals surface area contributed by atoms with Crippen LogP contribution in [0.5, 0.6) is 0 Å². The quantitative estimate of drug-likeness (QED) is 0.517. The molecule has 0 bridgehead atoms. The van der Waals surface area contributed by atoms with Gasteiger partial charge in [0.15, 0.2) is 0 Å². The van der Waals surface area contributed by atoms with Crippen molar-refractivity contribution in [3.05, 3.63) is 36.1 Å². The van der Waals surface area contributed by atoms with Crippen LogP contribution in [-0.2, 0) is 0 Å². The van der Waals surface area contributed by atoms with Crippen molar-refractivity contribution in [3.63, 3.8) is 0 Å². The lowest BCUT2D eigenvalue weighted by Crippen LogP contribution is -1.84. The van der Waals surface area contributed by atoms with Crippen LogP contribution in [0.2, 0.25) is 0 Å². The minimum atomic E-state index is 1.06. The first kappa shape index (κ1) is 8.98. The van der Waals surface area contributed by atoms with Crippen molar-refractivity contribution < 1.29 is 0 Å². The van der Waals surface area contributed by atoms with Gasteiger partial charge >= 0.3 is 0 Å². The summed E-state index contributed by atoms with van der Waals surface area (Å²) in [6.07, 6.45) is 12.5. The Balaban J connectivity index is 2.78. The first-order valence-corrected chi connectivity index (χ1v) is 4.32. The molecule has 0 radical (unpaired) electrons. The Kier molecular flexibility index (Phi) is 3.52. The molecule has 12 heavy (non-hydrogen) atoms. The van der Waals surface area contributed by atoms with Crippen LogP contribution >= 0.6 is 0 Å². The van der Waals surface area contributed by atoms with Gasteiger partial charge in [-0.15, -0.1) is 0 Å². The Morgan fingerprint density at radius 2 is 2.08 bits per heavy atom. The maximum atomic E-state index is 4.30. The van der Waals surface area contributed by atoms with Crippen molar-refractivity contribution in [1.29, 1.82) is 0 Å². The fourth-order valence-corrected chi connectivity index (χ4v) is 1.00. The SMILES string of the molecule is C/C1=C/N=C(C)/C=C\C=C/CC1. The molecule has 1 rings (SSSR count). The molecular formula is C11H15N. The van der Waals surface area contributed by atoms with Gasteiger partial charge in [-0.05, 0) is 32.8 Å². The van der Waals surface area contributed by atoms with Crippen molar-refractivity contribution >= 4 is 5.71 Å². The Hall–Kier alpha value is -1.11. The van der Waals surface area contributed by atoms with Gasteiger partial charge in [-0.25, -0.2) is 0 Å². The van der Waals surface area contributed by atoms with Crippen molar-refractivity contribution in [3.8, 4) is 0 Å². The van der Waals surface area contributed by atoms with E-state index in [9.17, 15) is 0 Å². The number of aliphatic imine (C=N–C) groups is 1. The van der Waals surface area contributed by atoms with Crippen LogP contribution in [-0.4, -0.2) is 5.71 Å². The lowest BCUT2D eigenvalue weighted by Gasteiger charge is -1.97. The highest BCUT2D eigenvalue weighted by atomic mass is 14.7. The fraction of sp³-hybridized carbons (Fsp3) is 0.364. The monoisotopic (exact) mass is 161 g/mol. The lowest BCUT2D eigenvalue weighted by molar-refractivity contribution is 0.971. The van der Waals surface area contributed by atoms with E-state index >= 15 is 0 Å². The number of hydrogen-bond acceptors (Lipinski definition) is 1. The van der Waals surface area contributed by atoms with Gasteiger partial charge < -0.3 is 0 Å². The molecule has 0 saturated carbocycles. The first-order chi connectivity index (χ1) is 5.79. The predicted octanol–water partition coefficient (Wildman–Crippen LogP) is 3.26. The molecular weight excluding hydrogens is 146 g/mol. The molecule has 0 unspecified atom stereocenters. The summed E-state index contributed by atoms with van der Waals surface area (Å²) < 4.78 is 0. The summed E-state index contributed by atoms with van der Waals surface area (Å²) in [6.45, 7) is 4.13. The van der Waals surface area contributed by atoms with E-state index in [-0.39, 0.29) is 0 Å². The number of allylic oxidation sites excluding steroid dienone is 5. The molecule has 0 aromatic heterocycles. The van der Waals surface area contributed by atoms with Gasteiger partial charge in [0.1, 0.15) is 0 Å². The highest BCUT2D eigenvalue weighted by Gasteiger charge is 1.88. The Labute approximate surface area is 74.2 Å². The third-order valence-electron chi connectivity index (χ3n) is 1.78. The standard InChI is InChI=1S/C11H15N/c1-10-7-5-3-4-6-8-11(2)12-9-10/h3-4,6,8-9H,5,7H2,1-2H3/b4-3-,8-6-,10-9-,12-11+. The second kappa shape index (κ2) is 4.70. The van der Waals surface area contributed by atoms with Crippen molar-refractivity contribution in [2.75, 3.05) is 0 Å². The number of rotatable bonds is 0. The largest absolute Gasteiger partial charge is 0.262 e. The lowest BCUT2D eigenvalue weighted by atomic mass is 10.1. The number of hydrogen-bond donors (Lipinski definition) is 0. The van der Waals surface area contributed by atoms with E-state index in [2.05, 4.69) is 24.1 Å². The smallest absolute Gasteiger partial charge is 0.0372 e. The van der Waals surface area contributed by atoms with Crippen LogP contribution in [0.3, 0.4) is 0 Å². The summed E-state index contributed by atoms with van der Waals surface area (Å²) in [6, 6.07) is 0. The molecule has 0 aromatic rings. The molecule has 0 N–H and O–H groups in total. The third kappa shape index (κ3) is 3.33. The van der Waals surface area contributed by atoms with Gasteiger partial charge in [-0.3, -0.25) is 4.99 Å². The summed E-state index contributed by atoms with van der Waals surface area (Å²) >= 11 is 0. The third-order valence-corrected chi connectivity index (χ3v) is 1.78. The van der Waals surface area contributed by atoms with Crippen LogP contribution < -0.4 is 0 Å². The van der Waals surface area contributed by atoms with E-state index < -0.39 is 0 Å². The van der Waals surface area contributed by atoms with Gasteiger partial charge in [0.05, 0.1) is 0 Å². The zero-order valence-corrected chi connectivity index (χ0v) is 7.75. The average molecular weight is 161 g/mol. The van der Waals surface area contributed by atoms with Crippen LogP contribution in [0.1, 0.15) is 26.7 Å². The Morgan fingerprint density at radius 1 is 1.25 bits per heavy atom. The molecule has 64 valence electrons. The van der Waals surface area contributed by atoms with E-state index in [0.29, 0.717) is 0 Å². The molecule has 0 fully saturated rings. The van der Waals surface area contributed by atoms with E-state index in [1.54, 1.807) is 0 Å². The minimum absolute atomic E-state index is 1.06. The molecule has 0 saturated heterocycles. The summed E-state index contributed by atoms with van der Waals surface area (Å²) in [5.74, 6) is 0. The molecule has 1 heteroatoms. The topological polar surface area (TPSA) is 12.4 Å². The fourth-order valence-electron chi connectivity index (χ4n) is 1.00. The van der Waals surface area contributed by atoms with E-state index in [1.165, 1.54) is 5.57 Å². The van der Waals surface area contributed by atoms with Gasteiger partial charge in [0.2, 0.25) is 0 Å². The molecule has 1 heterocycles. The number of nitrogens with zero attached hydrogens (tertiary/aromatic N) is 1. The molecule has 0 spiro atoms.